The summed E-state index contributed by atoms with van der Waals surface area (Å²) in [6, 6.07) is 2.74. The van der Waals surface area contributed by atoms with Crippen molar-refractivity contribution in [2.24, 2.45) is 0 Å². The maximum absolute atomic E-state index is 14.0. The quantitative estimate of drug-likeness (QED) is 0.132. The van der Waals surface area contributed by atoms with Gasteiger partial charge < -0.3 is 34.5 Å². The zero-order valence-corrected chi connectivity index (χ0v) is 24.3. The molecule has 1 saturated heterocycles. The van der Waals surface area contributed by atoms with Crippen LogP contribution in [-0.2, 0) is 44.5 Å². The molecule has 40 heavy (non-hydrogen) atoms. The first-order chi connectivity index (χ1) is 18.3. The smallest absolute Gasteiger partial charge is 0.387 e. The van der Waals surface area contributed by atoms with E-state index < -0.39 is 77.5 Å². The van der Waals surface area contributed by atoms with Gasteiger partial charge in [-0.05, 0) is 40.6 Å². The van der Waals surface area contributed by atoms with E-state index >= 15 is 0 Å². The molecule has 1 aliphatic rings. The Kier molecular flexibility index (Phi) is 10.5. The Hall–Kier alpha value is -1.22. The number of aromatic nitrogens is 2. The van der Waals surface area contributed by atoms with Crippen LogP contribution >= 0.6 is 46.1 Å². The Balaban J connectivity index is 1.77. The standard InChI is InChI=1S/C17H20F2IN2O15P3/c18-9-2-1-8(10(19)5-9)3-4-21-15(25)11(20)6-22(17(21)26)16-14(24)13(23)12(35-16)7-34-39(30,31)37-40(32,33)36-38(27,28)29/h1-2,5-6,12-14,16,23-24H,3-4,7H2,(H,30,31)(H,32,33)(H2,27,28,29)/t12-,13+,14+,16-/m1/s1. The van der Waals surface area contributed by atoms with Gasteiger partial charge in [0.2, 0.25) is 0 Å². The molecule has 2 aromatic rings. The lowest BCUT2D eigenvalue weighted by molar-refractivity contribution is -0.0549. The minimum atomic E-state index is -5.82. The number of nitrogens with zero attached hydrogens (tertiary/aromatic N) is 2. The number of hydrogen-bond donors (Lipinski definition) is 6. The number of rotatable bonds is 11. The van der Waals surface area contributed by atoms with E-state index in [4.69, 9.17) is 14.5 Å². The van der Waals surface area contributed by atoms with Crippen molar-refractivity contribution in [1.82, 2.24) is 9.13 Å². The van der Waals surface area contributed by atoms with Crippen molar-refractivity contribution in [3.05, 3.63) is 66.0 Å². The van der Waals surface area contributed by atoms with Gasteiger partial charge >= 0.3 is 29.2 Å². The third-order valence-corrected chi connectivity index (χ3v) is 9.75. The van der Waals surface area contributed by atoms with Gasteiger partial charge in [0, 0.05) is 18.8 Å². The van der Waals surface area contributed by atoms with Crippen molar-refractivity contribution in [3.8, 4) is 0 Å². The Morgan fingerprint density at radius 1 is 1.00 bits per heavy atom. The third kappa shape index (κ3) is 8.42. The second kappa shape index (κ2) is 12.6. The number of halogens is 3. The van der Waals surface area contributed by atoms with Crippen LogP contribution in [0.3, 0.4) is 0 Å². The van der Waals surface area contributed by atoms with Crippen molar-refractivity contribution >= 4 is 46.1 Å². The number of phosphoric ester groups is 1. The van der Waals surface area contributed by atoms with Crippen LogP contribution in [0.2, 0.25) is 0 Å². The number of ether oxygens (including phenoxy) is 1. The maximum Gasteiger partial charge on any atom is 0.490 e. The topological polar surface area (TPSA) is 254 Å². The van der Waals surface area contributed by atoms with Crippen LogP contribution in [0.4, 0.5) is 8.78 Å². The molecule has 2 heterocycles. The van der Waals surface area contributed by atoms with Crippen molar-refractivity contribution < 1.29 is 70.1 Å². The van der Waals surface area contributed by atoms with Gasteiger partial charge in [0.25, 0.3) is 5.56 Å². The molecule has 6 atom stereocenters. The molecule has 0 spiro atoms. The van der Waals surface area contributed by atoms with Crippen molar-refractivity contribution in [1.29, 1.82) is 0 Å². The summed E-state index contributed by atoms with van der Waals surface area (Å²) >= 11 is 1.57. The number of phosphoric acid groups is 3. The fourth-order valence-electron chi connectivity index (χ4n) is 3.49. The van der Waals surface area contributed by atoms with Gasteiger partial charge in [0.15, 0.2) is 6.23 Å². The van der Waals surface area contributed by atoms with E-state index in [1.165, 1.54) is 0 Å². The minimum Gasteiger partial charge on any atom is -0.387 e. The highest BCUT2D eigenvalue weighted by Crippen LogP contribution is 2.66. The first-order valence-corrected chi connectivity index (χ1v) is 16.2. The molecular formula is C17H20F2IN2O15P3. The van der Waals surface area contributed by atoms with Crippen molar-refractivity contribution in [3.63, 3.8) is 0 Å². The summed E-state index contributed by atoms with van der Waals surface area (Å²) in [5, 5.41) is 20.8. The monoisotopic (exact) mass is 750 g/mol. The summed E-state index contributed by atoms with van der Waals surface area (Å²) in [7, 11) is -17.0. The predicted octanol–water partition coefficient (Wildman–Crippen LogP) is 0.0980. The molecule has 17 nitrogen and oxygen atoms in total. The van der Waals surface area contributed by atoms with Crippen LogP contribution in [0.15, 0.2) is 34.0 Å². The zero-order chi connectivity index (χ0) is 30.2. The lowest BCUT2D eigenvalue weighted by atomic mass is 10.1. The molecule has 0 saturated carbocycles. The number of aryl methyl sites for hydroxylation is 1. The Bertz CT molecular complexity index is 1530. The molecule has 0 aliphatic carbocycles. The van der Waals surface area contributed by atoms with E-state index in [1.54, 1.807) is 22.6 Å². The van der Waals surface area contributed by atoms with Crippen LogP contribution in [-0.4, -0.2) is 63.8 Å². The molecule has 1 fully saturated rings. The van der Waals surface area contributed by atoms with Crippen molar-refractivity contribution in [2.45, 2.75) is 37.5 Å². The first kappa shape index (κ1) is 33.3. The largest absolute Gasteiger partial charge is 0.490 e. The molecular weight excluding hydrogens is 730 g/mol. The van der Waals surface area contributed by atoms with E-state index in [1.807, 2.05) is 0 Å². The molecule has 0 bridgehead atoms. The van der Waals surface area contributed by atoms with E-state index in [-0.39, 0.29) is 22.1 Å². The van der Waals surface area contributed by atoms with Crippen LogP contribution in [0.25, 0.3) is 0 Å². The third-order valence-electron chi connectivity index (χ3n) is 5.20. The number of benzene rings is 1. The van der Waals surface area contributed by atoms with E-state index in [0.717, 1.165) is 18.3 Å². The molecule has 1 aromatic carbocycles. The second-order valence-corrected chi connectivity index (χ2v) is 13.6. The summed E-state index contributed by atoms with van der Waals surface area (Å²) in [5.41, 5.74) is -1.86. The van der Waals surface area contributed by atoms with E-state index in [2.05, 4.69) is 13.1 Å². The molecule has 2 unspecified atom stereocenters. The second-order valence-electron chi connectivity index (χ2n) is 8.04. The highest BCUT2D eigenvalue weighted by Gasteiger charge is 2.47. The average molecular weight is 750 g/mol. The number of aliphatic hydroxyl groups excluding tert-OH is 2. The van der Waals surface area contributed by atoms with E-state index in [0.29, 0.717) is 15.2 Å². The molecule has 23 heteroatoms. The minimum absolute atomic E-state index is 0.00262. The van der Waals surface area contributed by atoms with Gasteiger partial charge in [0.05, 0.1) is 10.2 Å². The van der Waals surface area contributed by atoms with Gasteiger partial charge in [-0.2, -0.15) is 8.62 Å². The zero-order valence-electron chi connectivity index (χ0n) is 19.5. The van der Waals surface area contributed by atoms with Gasteiger partial charge in [-0.25, -0.2) is 27.3 Å². The van der Waals surface area contributed by atoms with Crippen LogP contribution < -0.4 is 11.2 Å². The lowest BCUT2D eigenvalue weighted by Crippen LogP contribution is -2.44. The molecule has 1 aromatic heterocycles. The van der Waals surface area contributed by atoms with Gasteiger partial charge in [-0.3, -0.25) is 18.5 Å². The number of hydrogen-bond acceptors (Lipinski definition) is 11. The first-order valence-electron chi connectivity index (χ1n) is 10.6. The Morgan fingerprint density at radius 3 is 2.25 bits per heavy atom. The summed E-state index contributed by atoms with van der Waals surface area (Å²) in [4.78, 5) is 61.5. The summed E-state index contributed by atoms with van der Waals surface area (Å²) < 4.78 is 79.4. The highest BCUT2D eigenvalue weighted by atomic mass is 127. The lowest BCUT2D eigenvalue weighted by Gasteiger charge is -2.20. The van der Waals surface area contributed by atoms with Crippen LogP contribution in [0.1, 0.15) is 11.8 Å². The molecule has 1 aliphatic heterocycles. The fraction of sp³-hybridized carbons (Fsp3) is 0.412. The van der Waals surface area contributed by atoms with Crippen LogP contribution in [0, 0.1) is 15.2 Å². The maximum atomic E-state index is 14.0. The molecule has 0 amide bonds. The van der Waals surface area contributed by atoms with Crippen LogP contribution in [0.5, 0.6) is 0 Å². The summed E-state index contributed by atoms with van der Waals surface area (Å²) in [5.74, 6) is -1.74. The fourth-order valence-corrected chi connectivity index (χ4v) is 7.11. The molecule has 6 N–H and O–H groups in total. The molecule has 0 radical (unpaired) electrons. The van der Waals surface area contributed by atoms with Gasteiger partial charge in [-0.15, -0.1) is 0 Å². The molecule has 3 rings (SSSR count). The normalized spacial score (nSPS) is 24.5. The van der Waals surface area contributed by atoms with E-state index in [9.17, 15) is 52.1 Å². The highest BCUT2D eigenvalue weighted by molar-refractivity contribution is 14.1. The Morgan fingerprint density at radius 2 is 1.65 bits per heavy atom. The van der Waals surface area contributed by atoms with Gasteiger partial charge in [-0.1, -0.05) is 6.07 Å². The number of aliphatic hydroxyl groups is 2. The van der Waals surface area contributed by atoms with Gasteiger partial charge in [0.1, 0.15) is 29.9 Å². The molecule has 224 valence electrons. The Labute approximate surface area is 235 Å². The summed E-state index contributed by atoms with van der Waals surface area (Å²) in [6.45, 7) is -1.51. The van der Waals surface area contributed by atoms with Crippen molar-refractivity contribution in [2.75, 3.05) is 6.61 Å². The SMILES string of the molecule is O=c1c(I)cn([C@@H]2O[C@H](COP(=O)(O)OP(=O)(O)OP(=O)(O)O)[C@H](O)[C@@H]2O)c(=O)n1CCc1ccc(F)cc1F. The summed E-state index contributed by atoms with van der Waals surface area (Å²) in [6.07, 6.45) is -6.44. The average Bonchev–Trinajstić information content (AvgIpc) is 3.07. The predicted molar refractivity (Wildman–Crippen MR) is 133 cm³/mol.